The molecule has 6 heteroatoms. The molecule has 0 aliphatic rings. The van der Waals surface area contributed by atoms with E-state index in [-0.39, 0.29) is 6.04 Å². The summed E-state index contributed by atoms with van der Waals surface area (Å²) >= 11 is 12.0. The van der Waals surface area contributed by atoms with Gasteiger partial charge in [0.25, 0.3) is 0 Å². The quantitative estimate of drug-likeness (QED) is 0.921. The summed E-state index contributed by atoms with van der Waals surface area (Å²) in [6.45, 7) is 0. The van der Waals surface area contributed by atoms with Crippen molar-refractivity contribution in [2.24, 2.45) is 7.05 Å². The zero-order valence-electron chi connectivity index (χ0n) is 11.7. The number of likely N-dealkylation sites (N-methyl/N-ethyl adjacent to an activating group) is 1. The lowest BCUT2D eigenvalue weighted by Gasteiger charge is -2.18. The molecule has 0 radical (unpaired) electrons. The molecule has 2 rings (SSSR count). The van der Waals surface area contributed by atoms with Crippen molar-refractivity contribution in [1.29, 1.82) is 0 Å². The summed E-state index contributed by atoms with van der Waals surface area (Å²) in [4.78, 5) is 0. The predicted octanol–water partition coefficient (Wildman–Crippen LogP) is 3.24. The van der Waals surface area contributed by atoms with Crippen molar-refractivity contribution in [2.45, 2.75) is 12.5 Å². The Morgan fingerprint density at radius 1 is 1.35 bits per heavy atom. The molecule has 1 aromatic carbocycles. The van der Waals surface area contributed by atoms with Gasteiger partial charge in [-0.1, -0.05) is 29.3 Å². The lowest BCUT2D eigenvalue weighted by molar-refractivity contribution is 0.397. The van der Waals surface area contributed by atoms with E-state index in [0.717, 1.165) is 23.4 Å². The minimum absolute atomic E-state index is 0.0784. The average Bonchev–Trinajstić information content (AvgIpc) is 2.81. The minimum Gasteiger partial charge on any atom is -0.493 e. The largest absolute Gasteiger partial charge is 0.493 e. The minimum atomic E-state index is 0.0784. The standard InChI is InChI=1S/C14H17Cl2N3O/c1-17-12(14-13(20-3)8-18-19(14)2)7-9-4-5-10(15)11(16)6-9/h4-6,8,12,17H,7H2,1-3H3. The number of ether oxygens (including phenoxy) is 1. The first-order valence-corrected chi connectivity index (χ1v) is 6.99. The lowest BCUT2D eigenvalue weighted by atomic mass is 10.0. The second kappa shape index (κ2) is 6.48. The molecule has 0 aliphatic carbocycles. The number of nitrogens with one attached hydrogen (secondary N) is 1. The van der Waals surface area contributed by atoms with Crippen LogP contribution in [0.4, 0.5) is 0 Å². The Morgan fingerprint density at radius 3 is 2.70 bits per heavy atom. The molecule has 0 amide bonds. The average molecular weight is 314 g/mol. The molecule has 1 heterocycles. The first-order valence-electron chi connectivity index (χ1n) is 6.24. The van der Waals surface area contributed by atoms with E-state index >= 15 is 0 Å². The zero-order chi connectivity index (χ0) is 14.7. The number of hydrogen-bond donors (Lipinski definition) is 1. The van der Waals surface area contributed by atoms with E-state index in [1.807, 2.05) is 37.0 Å². The molecule has 1 N–H and O–H groups in total. The third-order valence-corrected chi connectivity index (χ3v) is 4.01. The van der Waals surface area contributed by atoms with E-state index in [9.17, 15) is 0 Å². The van der Waals surface area contributed by atoms with Crippen LogP contribution in [0.5, 0.6) is 5.75 Å². The Bertz CT molecular complexity index is 598. The number of halogens is 2. The number of aryl methyl sites for hydroxylation is 1. The summed E-state index contributed by atoms with van der Waals surface area (Å²) in [5, 5.41) is 8.65. The van der Waals surface area contributed by atoms with Crippen molar-refractivity contribution in [2.75, 3.05) is 14.2 Å². The lowest BCUT2D eigenvalue weighted by Crippen LogP contribution is -2.22. The molecule has 0 saturated carbocycles. The maximum absolute atomic E-state index is 6.06. The molecule has 2 aromatic rings. The normalized spacial score (nSPS) is 12.4. The fourth-order valence-corrected chi connectivity index (χ4v) is 2.54. The molecule has 0 aliphatic heterocycles. The fraction of sp³-hybridized carbons (Fsp3) is 0.357. The van der Waals surface area contributed by atoms with E-state index in [4.69, 9.17) is 27.9 Å². The molecule has 1 aromatic heterocycles. The topological polar surface area (TPSA) is 39.1 Å². The Kier molecular flexibility index (Phi) is 4.91. The Morgan fingerprint density at radius 2 is 2.10 bits per heavy atom. The van der Waals surface area contributed by atoms with Crippen LogP contribution in [0.1, 0.15) is 17.3 Å². The SMILES string of the molecule is CNC(Cc1ccc(Cl)c(Cl)c1)c1c(OC)cnn1C. The predicted molar refractivity (Wildman–Crippen MR) is 81.7 cm³/mol. The van der Waals surface area contributed by atoms with E-state index in [0.29, 0.717) is 10.0 Å². The molecule has 108 valence electrons. The van der Waals surface area contributed by atoms with E-state index in [1.54, 1.807) is 13.3 Å². The van der Waals surface area contributed by atoms with Crippen molar-refractivity contribution in [3.05, 3.63) is 45.7 Å². The Balaban J connectivity index is 2.28. The number of benzene rings is 1. The summed E-state index contributed by atoms with van der Waals surface area (Å²) in [6, 6.07) is 5.75. The van der Waals surface area contributed by atoms with Gasteiger partial charge in [0, 0.05) is 7.05 Å². The molecule has 0 fully saturated rings. The molecule has 0 bridgehead atoms. The van der Waals surface area contributed by atoms with E-state index < -0.39 is 0 Å². The molecule has 20 heavy (non-hydrogen) atoms. The Labute approximate surface area is 128 Å². The third-order valence-electron chi connectivity index (χ3n) is 3.27. The van der Waals surface area contributed by atoms with Gasteiger partial charge in [-0.2, -0.15) is 5.10 Å². The van der Waals surface area contributed by atoms with E-state index in [2.05, 4.69) is 10.4 Å². The van der Waals surface area contributed by atoms with E-state index in [1.165, 1.54) is 0 Å². The van der Waals surface area contributed by atoms with Crippen LogP contribution in [-0.2, 0) is 13.5 Å². The van der Waals surface area contributed by atoms with Gasteiger partial charge >= 0.3 is 0 Å². The van der Waals surface area contributed by atoms with Gasteiger partial charge in [-0.05, 0) is 31.2 Å². The monoisotopic (exact) mass is 313 g/mol. The van der Waals surface area contributed by atoms with Gasteiger partial charge in [-0.3, -0.25) is 4.68 Å². The molecular formula is C14H17Cl2N3O. The molecular weight excluding hydrogens is 297 g/mol. The van der Waals surface area contributed by atoms with Gasteiger partial charge in [0.15, 0.2) is 5.75 Å². The summed E-state index contributed by atoms with van der Waals surface area (Å²) in [5.74, 6) is 0.770. The summed E-state index contributed by atoms with van der Waals surface area (Å²) < 4.78 is 7.18. The molecule has 0 spiro atoms. The van der Waals surface area contributed by atoms with Crippen LogP contribution in [0, 0.1) is 0 Å². The third kappa shape index (κ3) is 3.08. The number of methoxy groups -OCH3 is 1. The smallest absolute Gasteiger partial charge is 0.161 e. The number of rotatable bonds is 5. The van der Waals surface area contributed by atoms with Gasteiger partial charge in [-0.25, -0.2) is 0 Å². The highest BCUT2D eigenvalue weighted by atomic mass is 35.5. The summed E-state index contributed by atoms with van der Waals surface area (Å²) in [5.41, 5.74) is 2.10. The van der Waals surface area contributed by atoms with Crippen LogP contribution in [0.25, 0.3) is 0 Å². The second-order valence-electron chi connectivity index (χ2n) is 4.52. The van der Waals surface area contributed by atoms with Gasteiger partial charge < -0.3 is 10.1 Å². The maximum atomic E-state index is 6.06. The Hall–Kier alpha value is -1.23. The van der Waals surface area contributed by atoms with Crippen molar-refractivity contribution >= 4 is 23.2 Å². The van der Waals surface area contributed by atoms with Crippen LogP contribution in [0.15, 0.2) is 24.4 Å². The highest BCUT2D eigenvalue weighted by molar-refractivity contribution is 6.42. The fourth-order valence-electron chi connectivity index (χ4n) is 2.22. The molecule has 4 nitrogen and oxygen atoms in total. The van der Waals surface area contributed by atoms with Crippen LogP contribution in [0.3, 0.4) is 0 Å². The first kappa shape index (κ1) is 15.2. The highest BCUT2D eigenvalue weighted by Gasteiger charge is 2.19. The number of hydrogen-bond acceptors (Lipinski definition) is 3. The summed E-state index contributed by atoms with van der Waals surface area (Å²) in [6.07, 6.45) is 2.48. The molecule has 1 atom stereocenters. The molecule has 1 unspecified atom stereocenters. The van der Waals surface area contributed by atoms with Crippen LogP contribution in [-0.4, -0.2) is 23.9 Å². The van der Waals surface area contributed by atoms with Gasteiger partial charge in [0.2, 0.25) is 0 Å². The first-order chi connectivity index (χ1) is 9.56. The number of nitrogens with zero attached hydrogens (tertiary/aromatic N) is 2. The van der Waals surface area contributed by atoms with Crippen molar-refractivity contribution in [1.82, 2.24) is 15.1 Å². The second-order valence-corrected chi connectivity index (χ2v) is 5.33. The highest BCUT2D eigenvalue weighted by Crippen LogP contribution is 2.29. The summed E-state index contributed by atoms with van der Waals surface area (Å²) in [7, 11) is 5.46. The van der Waals surface area contributed by atoms with Gasteiger partial charge in [0.05, 0.1) is 35.1 Å². The van der Waals surface area contributed by atoms with Crippen molar-refractivity contribution in [3.8, 4) is 5.75 Å². The zero-order valence-corrected chi connectivity index (χ0v) is 13.2. The maximum Gasteiger partial charge on any atom is 0.161 e. The van der Waals surface area contributed by atoms with Gasteiger partial charge in [0.1, 0.15) is 0 Å². The number of aromatic nitrogens is 2. The van der Waals surface area contributed by atoms with Crippen molar-refractivity contribution in [3.63, 3.8) is 0 Å². The van der Waals surface area contributed by atoms with Crippen LogP contribution < -0.4 is 10.1 Å². The van der Waals surface area contributed by atoms with Crippen LogP contribution >= 0.6 is 23.2 Å². The molecule has 0 saturated heterocycles. The van der Waals surface area contributed by atoms with Crippen LogP contribution in [0.2, 0.25) is 10.0 Å². The van der Waals surface area contributed by atoms with Gasteiger partial charge in [-0.15, -0.1) is 0 Å². The van der Waals surface area contributed by atoms with Crippen molar-refractivity contribution < 1.29 is 4.74 Å².